The highest BCUT2D eigenvalue weighted by Gasteiger charge is 2.37. The lowest BCUT2D eigenvalue weighted by atomic mass is 10.6. The SMILES string of the molecule is O=P(OCCBr)(N(CCCl)CCCl)N(CCCl)CCCl. The number of alkyl halides is 5. The summed E-state index contributed by atoms with van der Waals surface area (Å²) < 4.78 is 22.3. The van der Waals surface area contributed by atoms with Gasteiger partial charge in [-0.1, -0.05) is 15.9 Å². The van der Waals surface area contributed by atoms with E-state index in [1.54, 1.807) is 9.34 Å². The monoisotopic (exact) mass is 450 g/mol. The Hall–Kier alpha value is 1.75. The zero-order chi connectivity index (χ0) is 15.4. The van der Waals surface area contributed by atoms with E-state index in [4.69, 9.17) is 50.9 Å². The van der Waals surface area contributed by atoms with Crippen molar-refractivity contribution in [2.75, 3.05) is 61.6 Å². The predicted molar refractivity (Wildman–Crippen MR) is 93.4 cm³/mol. The molecule has 0 bridgehead atoms. The molecule has 0 rings (SSSR count). The first-order chi connectivity index (χ1) is 9.60. The van der Waals surface area contributed by atoms with Gasteiger partial charge < -0.3 is 4.52 Å². The topological polar surface area (TPSA) is 32.8 Å². The second-order valence-electron chi connectivity index (χ2n) is 3.68. The molecule has 0 spiro atoms. The van der Waals surface area contributed by atoms with Gasteiger partial charge in [0.05, 0.1) is 6.61 Å². The summed E-state index contributed by atoms with van der Waals surface area (Å²) in [6.07, 6.45) is 0. The summed E-state index contributed by atoms with van der Waals surface area (Å²) >= 11 is 26.4. The van der Waals surface area contributed by atoms with Crippen LogP contribution in [0.1, 0.15) is 0 Å². The molecule has 0 fully saturated rings. The van der Waals surface area contributed by atoms with E-state index >= 15 is 0 Å². The maximum Gasteiger partial charge on any atom is 0.346 e. The molecule has 0 aromatic carbocycles. The highest BCUT2D eigenvalue weighted by molar-refractivity contribution is 9.09. The van der Waals surface area contributed by atoms with Crippen molar-refractivity contribution in [1.82, 2.24) is 9.34 Å². The van der Waals surface area contributed by atoms with Gasteiger partial charge in [-0.25, -0.2) is 9.34 Å². The summed E-state index contributed by atoms with van der Waals surface area (Å²) in [6, 6.07) is 0. The normalized spacial score (nSPS) is 12.6. The minimum absolute atomic E-state index is 0.319. The van der Waals surface area contributed by atoms with Crippen LogP contribution in [0, 0.1) is 0 Å². The molecule has 0 amide bonds. The minimum atomic E-state index is -3.22. The van der Waals surface area contributed by atoms with Crippen molar-refractivity contribution in [1.29, 1.82) is 0 Å². The van der Waals surface area contributed by atoms with Crippen LogP contribution in [-0.2, 0) is 9.09 Å². The molecule has 4 nitrogen and oxygen atoms in total. The van der Waals surface area contributed by atoms with E-state index < -0.39 is 7.67 Å². The first kappa shape index (κ1) is 21.8. The van der Waals surface area contributed by atoms with Crippen LogP contribution < -0.4 is 0 Å². The van der Waals surface area contributed by atoms with Crippen molar-refractivity contribution in [2.24, 2.45) is 0 Å². The lowest BCUT2D eigenvalue weighted by molar-refractivity contribution is 0.227. The third-order valence-corrected chi connectivity index (χ3v) is 6.17. The fourth-order valence-electron chi connectivity index (χ4n) is 1.61. The maximum atomic E-state index is 13.3. The van der Waals surface area contributed by atoms with Crippen LogP contribution >= 0.6 is 70.0 Å². The Morgan fingerprint density at radius 2 is 1.20 bits per heavy atom. The summed E-state index contributed by atoms with van der Waals surface area (Å²) in [5, 5.41) is 0.585. The Balaban J connectivity index is 5.22. The van der Waals surface area contributed by atoms with Crippen LogP contribution in [0.25, 0.3) is 0 Å². The van der Waals surface area contributed by atoms with Gasteiger partial charge in [-0.2, -0.15) is 0 Å². The average molecular weight is 453 g/mol. The first-order valence-electron chi connectivity index (χ1n) is 6.16. The van der Waals surface area contributed by atoms with E-state index in [1.165, 1.54) is 0 Å². The minimum Gasteiger partial charge on any atom is -0.305 e. The molecule has 0 aliphatic rings. The molecule has 0 aromatic rings. The maximum absolute atomic E-state index is 13.3. The second kappa shape index (κ2) is 13.2. The zero-order valence-electron chi connectivity index (χ0n) is 11.1. The summed E-state index contributed by atoms with van der Waals surface area (Å²) in [6.45, 7) is 2.02. The van der Waals surface area contributed by atoms with Gasteiger partial charge in [-0.15, -0.1) is 46.4 Å². The quantitative estimate of drug-likeness (QED) is 0.311. The van der Waals surface area contributed by atoms with Gasteiger partial charge >= 0.3 is 7.67 Å². The van der Waals surface area contributed by atoms with Gasteiger partial charge in [0, 0.05) is 55.0 Å². The average Bonchev–Trinajstić information content (AvgIpc) is 2.44. The molecular weight excluding hydrogens is 433 g/mol. The first-order valence-corrected chi connectivity index (χ1v) is 10.9. The van der Waals surface area contributed by atoms with Crippen LogP contribution in [0.15, 0.2) is 0 Å². The van der Waals surface area contributed by atoms with Crippen molar-refractivity contribution in [3.63, 3.8) is 0 Å². The fourth-order valence-corrected chi connectivity index (χ4v) is 5.74. The van der Waals surface area contributed by atoms with Crippen LogP contribution in [-0.4, -0.2) is 71.0 Å². The van der Waals surface area contributed by atoms with Crippen molar-refractivity contribution in [2.45, 2.75) is 0 Å². The van der Waals surface area contributed by atoms with E-state index in [1.807, 2.05) is 0 Å². The van der Waals surface area contributed by atoms with Crippen LogP contribution in [0.3, 0.4) is 0 Å². The van der Waals surface area contributed by atoms with Gasteiger partial charge in [-0.05, 0) is 0 Å². The molecule has 20 heavy (non-hydrogen) atoms. The van der Waals surface area contributed by atoms with Gasteiger partial charge in [0.15, 0.2) is 0 Å². The van der Waals surface area contributed by atoms with Crippen LogP contribution in [0.2, 0.25) is 0 Å². The highest BCUT2D eigenvalue weighted by Crippen LogP contribution is 2.54. The van der Waals surface area contributed by atoms with E-state index in [0.29, 0.717) is 61.6 Å². The summed E-state index contributed by atoms with van der Waals surface area (Å²) in [5.41, 5.74) is 0. The largest absolute Gasteiger partial charge is 0.346 e. The molecule has 0 atom stereocenters. The number of hydrogen-bond acceptors (Lipinski definition) is 2. The number of rotatable bonds is 13. The lowest BCUT2D eigenvalue weighted by Gasteiger charge is -2.37. The third kappa shape index (κ3) is 7.34. The van der Waals surface area contributed by atoms with Gasteiger partial charge in [0.25, 0.3) is 0 Å². The highest BCUT2D eigenvalue weighted by atomic mass is 79.9. The standard InChI is InChI=1S/C10H20BrCl4N2O2P/c11-1-10-19-20(18,16(6-2-12)7-3-13)17(8-4-14)9-5-15/h1-10H2. The Bertz CT molecular complexity index is 260. The Kier molecular flexibility index (Phi) is 14.4. The number of hydrogen-bond donors (Lipinski definition) is 0. The molecule has 0 radical (unpaired) electrons. The number of halogens is 5. The molecule has 0 unspecified atom stereocenters. The van der Waals surface area contributed by atoms with Crippen molar-refractivity contribution in [3.05, 3.63) is 0 Å². The predicted octanol–water partition coefficient (Wildman–Crippen LogP) is 4.07. The Morgan fingerprint density at radius 3 is 1.45 bits per heavy atom. The molecule has 10 heteroatoms. The second-order valence-corrected chi connectivity index (χ2v) is 8.35. The third-order valence-electron chi connectivity index (χ3n) is 2.42. The molecule has 0 aliphatic carbocycles. The molecule has 0 aromatic heterocycles. The zero-order valence-corrected chi connectivity index (χ0v) is 16.6. The van der Waals surface area contributed by atoms with Crippen molar-refractivity contribution in [3.8, 4) is 0 Å². The van der Waals surface area contributed by atoms with Crippen LogP contribution in [0.5, 0.6) is 0 Å². The molecule has 0 saturated carbocycles. The molecule has 0 N–H and O–H groups in total. The van der Waals surface area contributed by atoms with Crippen LogP contribution in [0.4, 0.5) is 0 Å². The fraction of sp³-hybridized carbons (Fsp3) is 1.00. The van der Waals surface area contributed by atoms with E-state index in [9.17, 15) is 4.57 Å². The smallest absolute Gasteiger partial charge is 0.305 e. The molecular formula is C10H20BrCl4N2O2P. The van der Waals surface area contributed by atoms with Crippen molar-refractivity contribution >= 4 is 70.0 Å². The molecule has 0 heterocycles. The van der Waals surface area contributed by atoms with Crippen molar-refractivity contribution < 1.29 is 9.09 Å². The summed E-state index contributed by atoms with van der Waals surface area (Å²) in [4.78, 5) is 0. The lowest BCUT2D eigenvalue weighted by Crippen LogP contribution is -2.37. The van der Waals surface area contributed by atoms with E-state index in [2.05, 4.69) is 15.9 Å². The Morgan fingerprint density at radius 1 is 0.850 bits per heavy atom. The summed E-state index contributed by atoms with van der Waals surface area (Å²) in [5.74, 6) is 1.37. The Labute approximate surface area is 149 Å². The van der Waals surface area contributed by atoms with Gasteiger partial charge in [-0.3, -0.25) is 4.57 Å². The van der Waals surface area contributed by atoms with E-state index in [-0.39, 0.29) is 0 Å². The van der Waals surface area contributed by atoms with Gasteiger partial charge in [0.1, 0.15) is 0 Å². The molecule has 0 saturated heterocycles. The van der Waals surface area contributed by atoms with E-state index in [0.717, 1.165) is 0 Å². The summed E-state index contributed by atoms with van der Waals surface area (Å²) in [7, 11) is -3.22. The molecule has 122 valence electrons. The van der Waals surface area contributed by atoms with Gasteiger partial charge in [0.2, 0.25) is 0 Å². The molecule has 0 aliphatic heterocycles. The number of nitrogens with zero attached hydrogens (tertiary/aromatic N) is 2.